The number of nitrogens with one attached hydrogen (secondary N) is 2. The van der Waals surface area contributed by atoms with Crippen LogP contribution in [0.4, 0.5) is 10.2 Å². The van der Waals surface area contributed by atoms with Crippen molar-refractivity contribution in [2.24, 2.45) is 0 Å². The number of anilines is 1. The van der Waals surface area contributed by atoms with Gasteiger partial charge in [0, 0.05) is 12.6 Å². The molecule has 2 N–H and O–H groups in total. The van der Waals surface area contributed by atoms with E-state index in [4.69, 9.17) is 0 Å². The lowest BCUT2D eigenvalue weighted by Crippen LogP contribution is -2.33. The fourth-order valence-electron chi connectivity index (χ4n) is 1.88. The number of carbonyl (C=O) groups is 1. The average molecular weight is 281 g/mol. The number of unbranched alkanes of at least 4 members (excludes halogenated alkanes) is 1. The molecule has 0 aliphatic rings. The zero-order valence-electron chi connectivity index (χ0n) is 12.5. The van der Waals surface area contributed by atoms with Gasteiger partial charge in [-0.1, -0.05) is 26.7 Å². The minimum Gasteiger partial charge on any atom is -0.369 e. The van der Waals surface area contributed by atoms with Crippen LogP contribution in [0.25, 0.3) is 0 Å². The highest BCUT2D eigenvalue weighted by molar-refractivity contribution is 5.98. The Bertz CT molecular complexity index is 437. The highest BCUT2D eigenvalue weighted by Crippen LogP contribution is 2.14. The lowest BCUT2D eigenvalue weighted by molar-refractivity contribution is 0.0938. The van der Waals surface area contributed by atoms with E-state index in [1.807, 2.05) is 13.8 Å². The molecule has 1 amide bonds. The molecule has 0 saturated carbocycles. The van der Waals surface area contributed by atoms with Crippen LogP contribution in [0.15, 0.2) is 12.3 Å². The second-order valence-electron chi connectivity index (χ2n) is 4.99. The Labute approximate surface area is 120 Å². The zero-order chi connectivity index (χ0) is 15.0. The summed E-state index contributed by atoms with van der Waals surface area (Å²) in [5.74, 6) is -0.342. The summed E-state index contributed by atoms with van der Waals surface area (Å²) < 4.78 is 13.3. The van der Waals surface area contributed by atoms with Gasteiger partial charge in [0.25, 0.3) is 5.91 Å². The number of halogens is 1. The standard InChI is InChI=1S/C15H24FN3O/c1-4-6-7-11(3)19-15(20)13-9-12(16)10-18-14(13)17-8-5-2/h9-11H,4-8H2,1-3H3,(H,17,18)(H,19,20). The molecular formula is C15H24FN3O. The van der Waals surface area contributed by atoms with Crippen molar-refractivity contribution >= 4 is 11.7 Å². The van der Waals surface area contributed by atoms with Crippen molar-refractivity contribution in [1.29, 1.82) is 0 Å². The summed E-state index contributed by atoms with van der Waals surface area (Å²) in [6, 6.07) is 1.30. The Morgan fingerprint density at radius 1 is 1.40 bits per heavy atom. The first-order valence-electron chi connectivity index (χ1n) is 7.28. The van der Waals surface area contributed by atoms with Crippen molar-refractivity contribution in [3.05, 3.63) is 23.6 Å². The second kappa shape index (κ2) is 8.51. The molecule has 1 aromatic rings. The van der Waals surface area contributed by atoms with Gasteiger partial charge < -0.3 is 10.6 Å². The lowest BCUT2D eigenvalue weighted by Gasteiger charge is -2.15. The van der Waals surface area contributed by atoms with Crippen molar-refractivity contribution in [3.8, 4) is 0 Å². The molecule has 0 aliphatic carbocycles. The molecule has 0 fully saturated rings. The Morgan fingerprint density at radius 2 is 2.15 bits per heavy atom. The highest BCUT2D eigenvalue weighted by atomic mass is 19.1. The number of nitrogens with zero attached hydrogens (tertiary/aromatic N) is 1. The largest absolute Gasteiger partial charge is 0.369 e. The topological polar surface area (TPSA) is 54.0 Å². The third-order valence-corrected chi connectivity index (χ3v) is 3.01. The van der Waals surface area contributed by atoms with Gasteiger partial charge >= 0.3 is 0 Å². The highest BCUT2D eigenvalue weighted by Gasteiger charge is 2.15. The van der Waals surface area contributed by atoms with Crippen molar-refractivity contribution in [3.63, 3.8) is 0 Å². The molecule has 1 unspecified atom stereocenters. The van der Waals surface area contributed by atoms with E-state index in [1.54, 1.807) is 0 Å². The van der Waals surface area contributed by atoms with Gasteiger partial charge in [-0.3, -0.25) is 4.79 Å². The maximum atomic E-state index is 13.3. The van der Waals surface area contributed by atoms with E-state index in [-0.39, 0.29) is 17.5 Å². The normalized spacial score (nSPS) is 12.0. The van der Waals surface area contributed by atoms with Crippen LogP contribution in [0.1, 0.15) is 56.8 Å². The van der Waals surface area contributed by atoms with Crippen LogP contribution in [0.2, 0.25) is 0 Å². The number of hydrogen-bond donors (Lipinski definition) is 2. The predicted octanol–water partition coefficient (Wildman–Crippen LogP) is 3.35. The molecule has 1 heterocycles. The van der Waals surface area contributed by atoms with Crippen LogP contribution in [0.5, 0.6) is 0 Å². The summed E-state index contributed by atoms with van der Waals surface area (Å²) in [4.78, 5) is 16.2. The summed E-state index contributed by atoms with van der Waals surface area (Å²) in [7, 11) is 0. The van der Waals surface area contributed by atoms with Gasteiger partial charge in [0.15, 0.2) is 0 Å². The van der Waals surface area contributed by atoms with Crippen LogP contribution in [0, 0.1) is 5.82 Å². The fraction of sp³-hybridized carbons (Fsp3) is 0.600. The molecule has 0 aromatic carbocycles. The molecule has 4 nitrogen and oxygen atoms in total. The Kier molecular flexibility index (Phi) is 6.98. The summed E-state index contributed by atoms with van der Waals surface area (Å²) >= 11 is 0. The smallest absolute Gasteiger partial charge is 0.255 e. The van der Waals surface area contributed by atoms with Gasteiger partial charge in [0.2, 0.25) is 0 Å². The summed E-state index contributed by atoms with van der Waals surface area (Å²) in [5.41, 5.74) is 0.266. The van der Waals surface area contributed by atoms with E-state index in [0.717, 1.165) is 31.9 Å². The molecule has 1 atom stereocenters. The van der Waals surface area contributed by atoms with Crippen LogP contribution in [-0.2, 0) is 0 Å². The first-order valence-corrected chi connectivity index (χ1v) is 7.28. The number of rotatable bonds is 8. The van der Waals surface area contributed by atoms with Gasteiger partial charge in [-0.2, -0.15) is 0 Å². The third-order valence-electron chi connectivity index (χ3n) is 3.01. The van der Waals surface area contributed by atoms with Gasteiger partial charge in [-0.15, -0.1) is 0 Å². The second-order valence-corrected chi connectivity index (χ2v) is 4.99. The van der Waals surface area contributed by atoms with Crippen molar-refractivity contribution < 1.29 is 9.18 Å². The zero-order valence-corrected chi connectivity index (χ0v) is 12.5. The number of amides is 1. The summed E-state index contributed by atoms with van der Waals surface area (Å²) in [6.45, 7) is 6.78. The van der Waals surface area contributed by atoms with E-state index in [0.29, 0.717) is 12.4 Å². The molecule has 0 spiro atoms. The van der Waals surface area contributed by atoms with Crippen molar-refractivity contribution in [2.75, 3.05) is 11.9 Å². The molecule has 20 heavy (non-hydrogen) atoms. The Hall–Kier alpha value is -1.65. The van der Waals surface area contributed by atoms with E-state index >= 15 is 0 Å². The maximum absolute atomic E-state index is 13.3. The summed E-state index contributed by atoms with van der Waals surface area (Å²) in [6.07, 6.45) is 5.10. The van der Waals surface area contributed by atoms with Gasteiger partial charge in [0.1, 0.15) is 11.6 Å². The molecule has 1 rings (SSSR count). The van der Waals surface area contributed by atoms with Gasteiger partial charge in [0.05, 0.1) is 11.8 Å². The molecule has 1 aromatic heterocycles. The van der Waals surface area contributed by atoms with Crippen molar-refractivity contribution in [1.82, 2.24) is 10.3 Å². The molecule has 0 bridgehead atoms. The van der Waals surface area contributed by atoms with Crippen LogP contribution in [-0.4, -0.2) is 23.5 Å². The van der Waals surface area contributed by atoms with Gasteiger partial charge in [-0.05, 0) is 25.8 Å². The fourth-order valence-corrected chi connectivity index (χ4v) is 1.88. The number of carbonyl (C=O) groups excluding carboxylic acids is 1. The molecular weight excluding hydrogens is 257 g/mol. The molecule has 0 radical (unpaired) electrons. The SMILES string of the molecule is CCCCC(C)NC(=O)c1cc(F)cnc1NCCC. The number of hydrogen-bond acceptors (Lipinski definition) is 3. The Balaban J connectivity index is 2.76. The minimum atomic E-state index is -0.501. The van der Waals surface area contributed by atoms with Crippen LogP contribution < -0.4 is 10.6 Å². The quantitative estimate of drug-likeness (QED) is 0.768. The average Bonchev–Trinajstić information content (AvgIpc) is 2.43. The third kappa shape index (κ3) is 5.15. The minimum absolute atomic E-state index is 0.0738. The van der Waals surface area contributed by atoms with Crippen molar-refractivity contribution in [2.45, 2.75) is 52.5 Å². The van der Waals surface area contributed by atoms with Gasteiger partial charge in [-0.25, -0.2) is 9.37 Å². The molecule has 0 saturated heterocycles. The molecule has 112 valence electrons. The number of pyridine rings is 1. The van der Waals surface area contributed by atoms with E-state index in [2.05, 4.69) is 22.5 Å². The molecule has 0 aliphatic heterocycles. The first-order chi connectivity index (χ1) is 9.58. The summed E-state index contributed by atoms with van der Waals surface area (Å²) in [5, 5.41) is 5.94. The lowest BCUT2D eigenvalue weighted by atomic mass is 10.1. The monoisotopic (exact) mass is 281 g/mol. The molecule has 5 heteroatoms. The first kappa shape index (κ1) is 16.4. The van der Waals surface area contributed by atoms with E-state index in [1.165, 1.54) is 6.07 Å². The van der Waals surface area contributed by atoms with Crippen LogP contribution >= 0.6 is 0 Å². The Morgan fingerprint density at radius 3 is 2.80 bits per heavy atom. The number of aromatic nitrogens is 1. The van der Waals surface area contributed by atoms with Crippen LogP contribution in [0.3, 0.4) is 0 Å². The predicted molar refractivity (Wildman–Crippen MR) is 79.4 cm³/mol. The maximum Gasteiger partial charge on any atom is 0.255 e. The van der Waals surface area contributed by atoms with E-state index in [9.17, 15) is 9.18 Å². The van der Waals surface area contributed by atoms with E-state index < -0.39 is 5.82 Å².